The number of anilines is 1. The molecule has 0 saturated heterocycles. The van der Waals surface area contributed by atoms with Gasteiger partial charge in [0.15, 0.2) is 0 Å². The first-order chi connectivity index (χ1) is 10.0. The van der Waals surface area contributed by atoms with Gasteiger partial charge in [0.2, 0.25) is 11.8 Å². The summed E-state index contributed by atoms with van der Waals surface area (Å²) in [5.74, 6) is 0.187. The van der Waals surface area contributed by atoms with Crippen LogP contribution in [0.4, 0.5) is 5.69 Å². The van der Waals surface area contributed by atoms with Crippen molar-refractivity contribution >= 4 is 39.1 Å². The predicted molar refractivity (Wildman–Crippen MR) is 84.4 cm³/mol. The van der Waals surface area contributed by atoms with Crippen LogP contribution in [0.5, 0.6) is 0 Å². The summed E-state index contributed by atoms with van der Waals surface area (Å²) in [6.07, 6.45) is 1.35. The number of carbonyl (C=O) groups is 2. The molecule has 1 unspecified atom stereocenters. The number of rotatable bonds is 3. The van der Waals surface area contributed by atoms with Crippen molar-refractivity contribution in [3.05, 3.63) is 29.8 Å². The number of carbonyl (C=O) groups excluding carboxylic acids is 2. The van der Waals surface area contributed by atoms with Crippen molar-refractivity contribution in [2.45, 2.75) is 24.6 Å². The Morgan fingerprint density at radius 2 is 2.05 bits per heavy atom. The molecule has 0 spiro atoms. The topological polar surface area (TPSA) is 70.6 Å². The van der Waals surface area contributed by atoms with Crippen LogP contribution >= 0.6 is 15.9 Å². The number of hydrogen-bond donors (Lipinski definition) is 2. The Labute approximate surface area is 131 Å². The summed E-state index contributed by atoms with van der Waals surface area (Å²) in [7, 11) is 0. The fraction of sp³-hybridized carbons (Fsp3) is 0.400. The summed E-state index contributed by atoms with van der Waals surface area (Å²) in [5.41, 5.74) is 5.12. The van der Waals surface area contributed by atoms with E-state index >= 15 is 0 Å². The SMILES string of the molecule is CC1CC(=O)NN=C1c1ccc(NC(=O)[C@@H]2C[C@H]2Br)cc1. The fourth-order valence-corrected chi connectivity index (χ4v) is 3.04. The molecule has 0 aromatic heterocycles. The Morgan fingerprint density at radius 1 is 1.38 bits per heavy atom. The molecule has 3 rings (SSSR count). The van der Waals surface area contributed by atoms with Crippen molar-refractivity contribution < 1.29 is 9.59 Å². The van der Waals surface area contributed by atoms with E-state index in [1.54, 1.807) is 0 Å². The molecule has 0 bridgehead atoms. The third-order valence-electron chi connectivity index (χ3n) is 3.76. The molecule has 1 heterocycles. The normalized spacial score (nSPS) is 27.6. The highest BCUT2D eigenvalue weighted by atomic mass is 79.9. The average Bonchev–Trinajstić information content (AvgIpc) is 3.17. The highest BCUT2D eigenvalue weighted by Crippen LogP contribution is 2.38. The molecular weight excluding hydrogens is 334 g/mol. The molecule has 1 aromatic rings. The zero-order valence-corrected chi connectivity index (χ0v) is 13.2. The minimum atomic E-state index is -0.0520. The van der Waals surface area contributed by atoms with Gasteiger partial charge in [-0.2, -0.15) is 5.10 Å². The van der Waals surface area contributed by atoms with Gasteiger partial charge < -0.3 is 5.32 Å². The van der Waals surface area contributed by atoms with Gasteiger partial charge in [-0.1, -0.05) is 35.0 Å². The summed E-state index contributed by atoms with van der Waals surface area (Å²) in [4.78, 5) is 23.4. The van der Waals surface area contributed by atoms with Gasteiger partial charge in [0.1, 0.15) is 0 Å². The predicted octanol–water partition coefficient (Wildman–Crippen LogP) is 2.27. The quantitative estimate of drug-likeness (QED) is 0.821. The lowest BCUT2D eigenvalue weighted by Gasteiger charge is -2.19. The number of nitrogens with zero attached hydrogens (tertiary/aromatic N) is 1. The van der Waals surface area contributed by atoms with Crippen molar-refractivity contribution in [2.24, 2.45) is 16.9 Å². The highest BCUT2D eigenvalue weighted by Gasteiger charge is 2.40. The van der Waals surface area contributed by atoms with Gasteiger partial charge in [-0.3, -0.25) is 9.59 Å². The first-order valence-electron chi connectivity index (χ1n) is 6.96. The van der Waals surface area contributed by atoms with E-state index in [1.165, 1.54) is 0 Å². The van der Waals surface area contributed by atoms with Crippen LogP contribution in [0.1, 0.15) is 25.3 Å². The third-order valence-corrected chi connectivity index (χ3v) is 4.77. The van der Waals surface area contributed by atoms with Gasteiger partial charge in [0, 0.05) is 22.9 Å². The molecule has 1 aliphatic heterocycles. The van der Waals surface area contributed by atoms with Crippen molar-refractivity contribution in [3.8, 4) is 0 Å². The fourth-order valence-electron chi connectivity index (χ4n) is 2.40. The summed E-state index contributed by atoms with van der Waals surface area (Å²) in [6, 6.07) is 7.57. The van der Waals surface area contributed by atoms with Crippen LogP contribution in [0.3, 0.4) is 0 Å². The van der Waals surface area contributed by atoms with Gasteiger partial charge in [-0.25, -0.2) is 5.43 Å². The Balaban J connectivity index is 1.69. The largest absolute Gasteiger partial charge is 0.326 e. The number of halogens is 1. The minimum Gasteiger partial charge on any atom is -0.326 e. The van der Waals surface area contributed by atoms with E-state index in [2.05, 4.69) is 31.8 Å². The molecule has 3 atom stereocenters. The first-order valence-corrected chi connectivity index (χ1v) is 7.88. The molecule has 5 nitrogen and oxygen atoms in total. The van der Waals surface area contributed by atoms with E-state index in [-0.39, 0.29) is 23.7 Å². The molecule has 6 heteroatoms. The van der Waals surface area contributed by atoms with Crippen molar-refractivity contribution in [2.75, 3.05) is 5.32 Å². The van der Waals surface area contributed by atoms with Crippen LogP contribution in [0.15, 0.2) is 29.4 Å². The first kappa shape index (κ1) is 14.3. The maximum Gasteiger partial charge on any atom is 0.240 e. The number of benzene rings is 1. The summed E-state index contributed by atoms with van der Waals surface area (Å²) < 4.78 is 0. The second-order valence-corrected chi connectivity index (χ2v) is 6.74. The maximum absolute atomic E-state index is 11.8. The van der Waals surface area contributed by atoms with E-state index < -0.39 is 0 Å². The Kier molecular flexibility index (Phi) is 3.80. The molecule has 2 N–H and O–H groups in total. The molecule has 0 radical (unpaired) electrons. The van der Waals surface area contributed by atoms with Crippen LogP contribution in [0, 0.1) is 11.8 Å². The number of amides is 2. The van der Waals surface area contributed by atoms with Crippen molar-refractivity contribution in [1.29, 1.82) is 0 Å². The molecule has 1 fully saturated rings. The number of nitrogens with one attached hydrogen (secondary N) is 2. The Morgan fingerprint density at radius 3 is 2.62 bits per heavy atom. The molecule has 1 saturated carbocycles. The molecule has 1 aliphatic carbocycles. The summed E-state index contributed by atoms with van der Waals surface area (Å²) in [5, 5.41) is 7.03. The van der Waals surface area contributed by atoms with Gasteiger partial charge >= 0.3 is 0 Å². The highest BCUT2D eigenvalue weighted by molar-refractivity contribution is 9.09. The third kappa shape index (κ3) is 3.15. The van der Waals surface area contributed by atoms with E-state index in [0.717, 1.165) is 23.4 Å². The molecule has 2 amide bonds. The number of hydrazone groups is 1. The Bertz CT molecular complexity index is 612. The lowest BCUT2D eigenvalue weighted by atomic mass is 9.94. The van der Waals surface area contributed by atoms with E-state index in [1.807, 2.05) is 31.2 Å². The molecule has 2 aliphatic rings. The minimum absolute atomic E-state index is 0.0520. The number of alkyl halides is 1. The molecule has 110 valence electrons. The van der Waals surface area contributed by atoms with Crippen LogP contribution in [-0.4, -0.2) is 22.4 Å². The van der Waals surface area contributed by atoms with Crippen molar-refractivity contribution in [3.63, 3.8) is 0 Å². The smallest absolute Gasteiger partial charge is 0.240 e. The standard InChI is InChI=1S/C15H16BrN3O2/c1-8-6-13(20)18-19-14(8)9-2-4-10(5-3-9)17-15(21)11-7-12(11)16/h2-5,8,11-12H,6-7H2,1H3,(H,17,21)(H,18,20)/t8?,11-,12-/m1/s1. The van der Waals surface area contributed by atoms with Gasteiger partial charge in [0.05, 0.1) is 11.6 Å². The maximum atomic E-state index is 11.8. The lowest BCUT2D eigenvalue weighted by Crippen LogP contribution is -2.31. The van der Waals surface area contributed by atoms with E-state index in [4.69, 9.17) is 0 Å². The second kappa shape index (κ2) is 5.60. The lowest BCUT2D eigenvalue weighted by molar-refractivity contribution is -0.122. The Hall–Kier alpha value is -1.69. The molecule has 1 aromatic carbocycles. The molecule has 21 heavy (non-hydrogen) atoms. The van der Waals surface area contributed by atoms with Crippen molar-refractivity contribution in [1.82, 2.24) is 5.43 Å². The van der Waals surface area contributed by atoms with Crippen LogP contribution in [-0.2, 0) is 9.59 Å². The van der Waals surface area contributed by atoms with E-state index in [0.29, 0.717) is 11.2 Å². The average molecular weight is 350 g/mol. The summed E-state index contributed by atoms with van der Waals surface area (Å²) in [6.45, 7) is 1.98. The molecular formula is C15H16BrN3O2. The summed E-state index contributed by atoms with van der Waals surface area (Å²) >= 11 is 3.43. The zero-order chi connectivity index (χ0) is 15.0. The second-order valence-electron chi connectivity index (χ2n) is 5.56. The monoisotopic (exact) mass is 349 g/mol. The van der Waals surface area contributed by atoms with E-state index in [9.17, 15) is 9.59 Å². The van der Waals surface area contributed by atoms with Crippen LogP contribution < -0.4 is 10.7 Å². The van der Waals surface area contributed by atoms with Gasteiger partial charge in [-0.05, 0) is 24.1 Å². The number of hydrogen-bond acceptors (Lipinski definition) is 3. The van der Waals surface area contributed by atoms with Crippen LogP contribution in [0.2, 0.25) is 0 Å². The van der Waals surface area contributed by atoms with Gasteiger partial charge in [0.25, 0.3) is 0 Å². The zero-order valence-electron chi connectivity index (χ0n) is 11.6. The van der Waals surface area contributed by atoms with Gasteiger partial charge in [-0.15, -0.1) is 0 Å². The van der Waals surface area contributed by atoms with Crippen LogP contribution in [0.25, 0.3) is 0 Å².